The van der Waals surface area contributed by atoms with Gasteiger partial charge >= 0.3 is 0 Å². The lowest BCUT2D eigenvalue weighted by atomic mass is 9.93. The van der Waals surface area contributed by atoms with Gasteiger partial charge in [-0.2, -0.15) is 5.26 Å². The highest BCUT2D eigenvalue weighted by Crippen LogP contribution is 2.40. The molecule has 1 fully saturated rings. The first-order valence-corrected chi connectivity index (χ1v) is 15.7. The van der Waals surface area contributed by atoms with E-state index in [0.29, 0.717) is 52.3 Å². The van der Waals surface area contributed by atoms with Crippen molar-refractivity contribution in [2.24, 2.45) is 0 Å². The van der Waals surface area contributed by atoms with Gasteiger partial charge in [0.05, 0.1) is 35.5 Å². The summed E-state index contributed by atoms with van der Waals surface area (Å²) in [5, 5.41) is 29.0. The highest BCUT2D eigenvalue weighted by molar-refractivity contribution is 6.32. The van der Waals surface area contributed by atoms with Gasteiger partial charge in [-0.3, -0.25) is 4.98 Å². The monoisotopic (exact) mass is 663 g/mol. The van der Waals surface area contributed by atoms with Crippen LogP contribution in [0.4, 0.5) is 8.78 Å². The Morgan fingerprint density at radius 3 is 2.53 bits per heavy atom. The molecule has 0 spiro atoms. The third kappa shape index (κ3) is 8.56. The van der Waals surface area contributed by atoms with Crippen LogP contribution in [0.3, 0.4) is 0 Å². The van der Waals surface area contributed by atoms with Gasteiger partial charge in [-0.25, -0.2) is 8.78 Å². The van der Waals surface area contributed by atoms with Crippen LogP contribution in [0.15, 0.2) is 67.0 Å². The van der Waals surface area contributed by atoms with Crippen molar-refractivity contribution in [1.82, 2.24) is 9.88 Å². The Bertz CT molecular complexity index is 1730. The minimum absolute atomic E-state index is 0.0941. The third-order valence-electron chi connectivity index (χ3n) is 8.13. The maximum Gasteiger partial charge on any atom is 0.268 e. The number of nitriles is 1. The maximum atomic E-state index is 14.5. The molecule has 1 aromatic heterocycles. The standard InChI is InChI=1S/C36H36ClF2N3O5/c1-23-26(22-47-34-15-33(27(20-43)14-31(34)37)46-21-25-13-24(16-40)17-41-18-25)5-2-6-29(23)30-7-3-8-32(35(30)36(38)39)45-12-4-10-42-11-9-28(44)19-42/h2-3,5-8,13-15,17-18,28,36,43-44H,4,9-12,19-22H2,1H3. The van der Waals surface area contributed by atoms with E-state index in [1.165, 1.54) is 6.20 Å². The highest BCUT2D eigenvalue weighted by Gasteiger charge is 2.23. The summed E-state index contributed by atoms with van der Waals surface area (Å²) in [5.74, 6) is 0.828. The Labute approximate surface area is 277 Å². The van der Waals surface area contributed by atoms with Crippen molar-refractivity contribution in [2.75, 3.05) is 26.2 Å². The number of hydrogen-bond acceptors (Lipinski definition) is 8. The number of ether oxygens (including phenoxy) is 3. The molecule has 47 heavy (non-hydrogen) atoms. The smallest absolute Gasteiger partial charge is 0.268 e. The van der Waals surface area contributed by atoms with Gasteiger partial charge in [0.2, 0.25) is 0 Å². The molecule has 2 N–H and O–H groups in total. The number of likely N-dealkylation sites (tertiary alicyclic amines) is 1. The quantitative estimate of drug-likeness (QED) is 0.139. The zero-order valence-corrected chi connectivity index (χ0v) is 26.7. The lowest BCUT2D eigenvalue weighted by Crippen LogP contribution is -2.24. The molecule has 1 aliphatic rings. The second-order valence-electron chi connectivity index (χ2n) is 11.4. The van der Waals surface area contributed by atoms with Gasteiger partial charge in [0, 0.05) is 49.2 Å². The Kier molecular flexibility index (Phi) is 11.6. The van der Waals surface area contributed by atoms with E-state index in [2.05, 4.69) is 9.88 Å². The van der Waals surface area contributed by atoms with Gasteiger partial charge in [-0.05, 0) is 60.2 Å². The molecule has 1 atom stereocenters. The second-order valence-corrected chi connectivity index (χ2v) is 11.8. The number of rotatable bonds is 14. The molecular formula is C36H36ClF2N3O5. The number of benzene rings is 3. The van der Waals surface area contributed by atoms with Crippen molar-refractivity contribution in [3.8, 4) is 34.4 Å². The van der Waals surface area contributed by atoms with Gasteiger partial charge < -0.3 is 29.3 Å². The molecule has 1 saturated heterocycles. The van der Waals surface area contributed by atoms with Crippen LogP contribution in [0, 0.1) is 18.3 Å². The largest absolute Gasteiger partial charge is 0.493 e. The van der Waals surface area contributed by atoms with E-state index < -0.39 is 6.43 Å². The van der Waals surface area contributed by atoms with Gasteiger partial charge in [0.1, 0.15) is 36.5 Å². The molecule has 8 nitrogen and oxygen atoms in total. The Balaban J connectivity index is 1.31. The zero-order valence-electron chi connectivity index (χ0n) is 26.0. The molecule has 0 bridgehead atoms. The normalized spacial score (nSPS) is 14.7. The summed E-state index contributed by atoms with van der Waals surface area (Å²) in [6, 6.07) is 17.3. The van der Waals surface area contributed by atoms with Crippen LogP contribution in [0.25, 0.3) is 11.1 Å². The summed E-state index contributed by atoms with van der Waals surface area (Å²) in [5.41, 5.74) is 3.94. The van der Waals surface area contributed by atoms with Crippen LogP contribution in [0.2, 0.25) is 5.02 Å². The van der Waals surface area contributed by atoms with E-state index in [1.54, 1.807) is 54.7 Å². The molecule has 11 heteroatoms. The number of halogens is 3. The Morgan fingerprint density at radius 2 is 1.79 bits per heavy atom. The van der Waals surface area contributed by atoms with Gasteiger partial charge in [-0.15, -0.1) is 0 Å². The van der Waals surface area contributed by atoms with Crippen molar-refractivity contribution in [1.29, 1.82) is 5.26 Å². The molecule has 3 aromatic carbocycles. The molecule has 1 aliphatic heterocycles. The predicted molar refractivity (Wildman–Crippen MR) is 174 cm³/mol. The number of aromatic nitrogens is 1. The van der Waals surface area contributed by atoms with Crippen molar-refractivity contribution >= 4 is 11.6 Å². The van der Waals surface area contributed by atoms with Gasteiger partial charge in [-0.1, -0.05) is 41.9 Å². The molecule has 0 amide bonds. The molecule has 2 heterocycles. The zero-order chi connectivity index (χ0) is 33.3. The van der Waals surface area contributed by atoms with E-state index in [4.69, 9.17) is 31.1 Å². The van der Waals surface area contributed by atoms with E-state index in [9.17, 15) is 19.0 Å². The number of β-amino-alcohol motifs (C(OH)–C–C–N with tert-alkyl or cyclic N) is 1. The first-order valence-electron chi connectivity index (χ1n) is 15.3. The van der Waals surface area contributed by atoms with E-state index in [1.807, 2.05) is 19.1 Å². The third-order valence-corrected chi connectivity index (χ3v) is 8.43. The first-order chi connectivity index (χ1) is 22.8. The van der Waals surface area contributed by atoms with Crippen molar-refractivity contribution in [3.05, 3.63) is 105 Å². The van der Waals surface area contributed by atoms with Crippen LogP contribution in [0.1, 0.15) is 52.6 Å². The molecular weight excluding hydrogens is 628 g/mol. The van der Waals surface area contributed by atoms with Crippen molar-refractivity contribution in [3.63, 3.8) is 0 Å². The van der Waals surface area contributed by atoms with E-state index in [0.717, 1.165) is 30.6 Å². The number of alkyl halides is 2. The number of aliphatic hydroxyl groups excluding tert-OH is 2. The Hall–Kier alpha value is -4.27. The summed E-state index contributed by atoms with van der Waals surface area (Å²) in [4.78, 5) is 6.18. The predicted octanol–water partition coefficient (Wildman–Crippen LogP) is 7.01. The maximum absolute atomic E-state index is 14.5. The minimum atomic E-state index is -2.75. The average molecular weight is 664 g/mol. The summed E-state index contributed by atoms with van der Waals surface area (Å²) in [6.45, 7) is 4.21. The topological polar surface area (TPSA) is 108 Å². The fourth-order valence-corrected chi connectivity index (χ4v) is 5.88. The fourth-order valence-electron chi connectivity index (χ4n) is 5.64. The van der Waals surface area contributed by atoms with Crippen molar-refractivity contribution in [2.45, 2.75) is 52.1 Å². The number of aliphatic hydroxyl groups is 2. The van der Waals surface area contributed by atoms with Crippen LogP contribution in [-0.4, -0.2) is 52.4 Å². The van der Waals surface area contributed by atoms with Crippen molar-refractivity contribution < 1.29 is 33.2 Å². The molecule has 0 saturated carbocycles. The first kappa shape index (κ1) is 34.1. The van der Waals surface area contributed by atoms with Crippen LogP contribution < -0.4 is 14.2 Å². The second kappa shape index (κ2) is 16.0. The Morgan fingerprint density at radius 1 is 1.00 bits per heavy atom. The molecule has 0 aliphatic carbocycles. The summed E-state index contributed by atoms with van der Waals surface area (Å²) in [6.07, 6.45) is 1.39. The van der Waals surface area contributed by atoms with E-state index >= 15 is 0 Å². The summed E-state index contributed by atoms with van der Waals surface area (Å²) in [7, 11) is 0. The van der Waals surface area contributed by atoms with Gasteiger partial charge in [0.15, 0.2) is 0 Å². The number of pyridine rings is 1. The molecule has 5 rings (SSSR count). The average Bonchev–Trinajstić information content (AvgIpc) is 3.50. The van der Waals surface area contributed by atoms with Crippen LogP contribution in [-0.2, 0) is 19.8 Å². The lowest BCUT2D eigenvalue weighted by molar-refractivity contribution is 0.144. The lowest BCUT2D eigenvalue weighted by Gasteiger charge is -2.19. The molecule has 4 aromatic rings. The van der Waals surface area contributed by atoms with Crippen LogP contribution in [0.5, 0.6) is 17.2 Å². The van der Waals surface area contributed by atoms with Gasteiger partial charge in [0.25, 0.3) is 6.43 Å². The van der Waals surface area contributed by atoms with E-state index in [-0.39, 0.29) is 48.9 Å². The minimum Gasteiger partial charge on any atom is -0.493 e. The molecule has 1 unspecified atom stereocenters. The molecule has 246 valence electrons. The summed E-state index contributed by atoms with van der Waals surface area (Å²) < 4.78 is 46.9. The number of nitrogens with zero attached hydrogens (tertiary/aromatic N) is 3. The molecule has 0 radical (unpaired) electrons. The van der Waals surface area contributed by atoms with Crippen LogP contribution >= 0.6 is 11.6 Å². The fraction of sp³-hybridized carbons (Fsp3) is 0.333. The SMILES string of the molecule is Cc1c(COc2cc(OCc3cncc(C#N)c3)c(CO)cc2Cl)cccc1-c1cccc(OCCCN2CCC(O)C2)c1C(F)F. The number of hydrogen-bond donors (Lipinski definition) is 2. The summed E-state index contributed by atoms with van der Waals surface area (Å²) >= 11 is 6.49. The highest BCUT2D eigenvalue weighted by atomic mass is 35.5.